The highest BCUT2D eigenvalue weighted by atomic mass is 35.5. The molecule has 2 aromatic heterocycles. The standard InChI is InChI=1S/C24H25Cl2N3O4S/c1-24(2)32-11-16(33-24)23(31)29(3)21-14-7-5-4-6-12(14)8-15(21)28-18(30)10-13-9-17-20(27-13)19(25)22(26)34-17/h4-7,9,15-16,21,27H,8,10-11H2,1-3H3,(H,28,30)/t15-,16+,21-/m1/s1. The molecule has 34 heavy (non-hydrogen) atoms. The van der Waals surface area contributed by atoms with Crippen LogP contribution in [0.2, 0.25) is 9.36 Å². The lowest BCUT2D eigenvalue weighted by molar-refractivity contribution is -0.161. The smallest absolute Gasteiger partial charge is 0.254 e. The number of rotatable bonds is 5. The molecule has 2 amide bonds. The summed E-state index contributed by atoms with van der Waals surface area (Å²) >= 11 is 13.7. The van der Waals surface area contributed by atoms with E-state index >= 15 is 0 Å². The van der Waals surface area contributed by atoms with E-state index in [1.54, 1.807) is 25.8 Å². The van der Waals surface area contributed by atoms with Crippen molar-refractivity contribution < 1.29 is 19.1 Å². The molecule has 1 aliphatic heterocycles. The molecule has 0 saturated carbocycles. The minimum Gasteiger partial charge on any atom is -0.356 e. The van der Waals surface area contributed by atoms with Gasteiger partial charge in [-0.2, -0.15) is 0 Å². The number of benzene rings is 1. The zero-order valence-corrected chi connectivity index (χ0v) is 21.3. The van der Waals surface area contributed by atoms with Crippen molar-refractivity contribution in [2.75, 3.05) is 13.7 Å². The first-order chi connectivity index (χ1) is 16.1. The summed E-state index contributed by atoms with van der Waals surface area (Å²) in [6.45, 7) is 3.79. The third-order valence-corrected chi connectivity index (χ3v) is 8.30. The van der Waals surface area contributed by atoms with Crippen molar-refractivity contribution in [1.82, 2.24) is 15.2 Å². The summed E-state index contributed by atoms with van der Waals surface area (Å²) in [5, 5.41) is 3.62. The van der Waals surface area contributed by atoms with Crippen LogP contribution in [-0.2, 0) is 31.9 Å². The summed E-state index contributed by atoms with van der Waals surface area (Å²) in [4.78, 5) is 31.1. The molecule has 5 rings (SSSR count). The number of aromatic nitrogens is 1. The van der Waals surface area contributed by atoms with E-state index in [2.05, 4.69) is 10.3 Å². The van der Waals surface area contributed by atoms with Gasteiger partial charge in [-0.3, -0.25) is 9.59 Å². The van der Waals surface area contributed by atoms with Crippen molar-refractivity contribution in [2.45, 2.75) is 50.7 Å². The normalized spacial score (nSPS) is 23.3. The number of carbonyl (C=O) groups is 2. The van der Waals surface area contributed by atoms with Crippen LogP contribution >= 0.6 is 34.5 Å². The molecule has 0 radical (unpaired) electrons. The summed E-state index contributed by atoms with van der Waals surface area (Å²) in [7, 11) is 1.76. The predicted octanol–water partition coefficient (Wildman–Crippen LogP) is 4.47. The zero-order valence-electron chi connectivity index (χ0n) is 19.0. The topological polar surface area (TPSA) is 83.7 Å². The number of fused-ring (bicyclic) bond motifs is 2. The first-order valence-corrected chi connectivity index (χ1v) is 12.6. The average molecular weight is 522 g/mol. The van der Waals surface area contributed by atoms with Crippen molar-refractivity contribution in [1.29, 1.82) is 0 Å². The number of hydrogen-bond acceptors (Lipinski definition) is 5. The molecule has 3 aromatic rings. The fraction of sp³-hybridized carbons (Fsp3) is 0.417. The lowest BCUT2D eigenvalue weighted by Gasteiger charge is -2.32. The largest absolute Gasteiger partial charge is 0.356 e. The van der Waals surface area contributed by atoms with Gasteiger partial charge in [-0.1, -0.05) is 47.5 Å². The molecule has 1 saturated heterocycles. The van der Waals surface area contributed by atoms with Gasteiger partial charge in [-0.05, 0) is 37.5 Å². The Balaban J connectivity index is 1.33. The molecular weight excluding hydrogens is 497 g/mol. The van der Waals surface area contributed by atoms with Gasteiger partial charge in [0, 0.05) is 12.7 Å². The Hall–Kier alpha value is -2.10. The van der Waals surface area contributed by atoms with E-state index in [0.717, 1.165) is 27.0 Å². The van der Waals surface area contributed by atoms with Gasteiger partial charge in [-0.25, -0.2) is 0 Å². The second-order valence-corrected chi connectivity index (χ2v) is 11.2. The fourth-order valence-electron chi connectivity index (χ4n) is 4.85. The molecule has 7 nitrogen and oxygen atoms in total. The van der Waals surface area contributed by atoms with Crippen molar-refractivity contribution in [3.05, 3.63) is 56.5 Å². The highest BCUT2D eigenvalue weighted by Crippen LogP contribution is 2.39. The number of halogens is 2. The van der Waals surface area contributed by atoms with Gasteiger partial charge in [0.25, 0.3) is 5.91 Å². The van der Waals surface area contributed by atoms with Crippen molar-refractivity contribution in [2.24, 2.45) is 0 Å². The third-order valence-electron chi connectivity index (χ3n) is 6.37. The Morgan fingerprint density at radius 3 is 2.76 bits per heavy atom. The van der Waals surface area contributed by atoms with Crippen LogP contribution in [0.15, 0.2) is 30.3 Å². The average Bonchev–Trinajstić information content (AvgIpc) is 3.50. The molecular formula is C24H25Cl2N3O4S. The predicted molar refractivity (Wildman–Crippen MR) is 132 cm³/mol. The molecule has 2 N–H and O–H groups in total. The van der Waals surface area contributed by atoms with Gasteiger partial charge in [0.1, 0.15) is 4.34 Å². The second kappa shape index (κ2) is 8.84. The van der Waals surface area contributed by atoms with E-state index in [-0.39, 0.29) is 36.9 Å². The van der Waals surface area contributed by atoms with E-state index in [9.17, 15) is 9.59 Å². The van der Waals surface area contributed by atoms with Gasteiger partial charge < -0.3 is 24.7 Å². The minimum absolute atomic E-state index is 0.138. The molecule has 3 atom stereocenters. The van der Waals surface area contributed by atoms with E-state index < -0.39 is 11.9 Å². The highest BCUT2D eigenvalue weighted by molar-refractivity contribution is 7.23. The third kappa shape index (κ3) is 4.33. The summed E-state index contributed by atoms with van der Waals surface area (Å²) < 4.78 is 12.8. The van der Waals surface area contributed by atoms with Crippen LogP contribution in [0.3, 0.4) is 0 Å². The second-order valence-electron chi connectivity index (χ2n) is 9.19. The van der Waals surface area contributed by atoms with Crippen molar-refractivity contribution in [3.63, 3.8) is 0 Å². The highest BCUT2D eigenvalue weighted by Gasteiger charge is 2.43. The monoisotopic (exact) mass is 521 g/mol. The van der Waals surface area contributed by atoms with Crippen LogP contribution in [0.5, 0.6) is 0 Å². The number of likely N-dealkylation sites (N-methyl/N-ethyl adjacent to an activating group) is 1. The van der Waals surface area contributed by atoms with Gasteiger partial charge in [-0.15, -0.1) is 11.3 Å². The maximum atomic E-state index is 13.3. The number of carbonyl (C=O) groups excluding carboxylic acids is 2. The van der Waals surface area contributed by atoms with Crippen LogP contribution in [0.4, 0.5) is 0 Å². The van der Waals surface area contributed by atoms with Crippen LogP contribution in [0.25, 0.3) is 10.2 Å². The number of thiophene rings is 1. The van der Waals surface area contributed by atoms with Crippen LogP contribution in [-0.4, -0.2) is 53.3 Å². The Labute approximate surface area is 211 Å². The molecule has 1 aliphatic carbocycles. The Kier molecular flexibility index (Phi) is 6.14. The SMILES string of the molecule is CN(C(=O)[C@@H]1COC(C)(C)O1)[C@@H]1c2ccccc2C[C@H]1NC(=O)Cc1cc2sc(Cl)c(Cl)c2[nH]1. The van der Waals surface area contributed by atoms with Gasteiger partial charge >= 0.3 is 0 Å². The number of hydrogen-bond donors (Lipinski definition) is 2. The molecule has 0 spiro atoms. The number of nitrogens with one attached hydrogen (secondary N) is 2. The molecule has 2 aliphatic rings. The molecule has 180 valence electrons. The van der Waals surface area contributed by atoms with E-state index in [1.165, 1.54) is 11.3 Å². The van der Waals surface area contributed by atoms with Gasteiger partial charge in [0.2, 0.25) is 5.91 Å². The quantitative estimate of drug-likeness (QED) is 0.518. The Morgan fingerprint density at radius 2 is 2.06 bits per heavy atom. The van der Waals surface area contributed by atoms with Crippen molar-refractivity contribution >= 4 is 56.6 Å². The molecule has 0 unspecified atom stereocenters. The van der Waals surface area contributed by atoms with Crippen molar-refractivity contribution in [3.8, 4) is 0 Å². The molecule has 10 heteroatoms. The van der Waals surface area contributed by atoms with Crippen LogP contribution in [0.1, 0.15) is 36.7 Å². The number of aromatic amines is 1. The van der Waals surface area contributed by atoms with E-state index in [0.29, 0.717) is 15.8 Å². The first kappa shape index (κ1) is 23.6. The van der Waals surface area contributed by atoms with Gasteiger partial charge in [0.15, 0.2) is 11.9 Å². The number of amides is 2. The lowest BCUT2D eigenvalue weighted by atomic mass is 10.0. The van der Waals surface area contributed by atoms with Gasteiger partial charge in [0.05, 0.1) is 40.4 Å². The molecule has 3 heterocycles. The van der Waals surface area contributed by atoms with E-state index in [1.807, 2.05) is 30.3 Å². The molecule has 0 bridgehead atoms. The summed E-state index contributed by atoms with van der Waals surface area (Å²) in [5.41, 5.74) is 3.65. The first-order valence-electron chi connectivity index (χ1n) is 11.0. The van der Waals surface area contributed by atoms with Crippen LogP contribution < -0.4 is 5.32 Å². The summed E-state index contributed by atoms with van der Waals surface area (Å²) in [6.07, 6.45) is 0.131. The molecule has 1 aromatic carbocycles. The molecule has 1 fully saturated rings. The maximum Gasteiger partial charge on any atom is 0.254 e. The number of H-pyrrole nitrogens is 1. The Morgan fingerprint density at radius 1 is 1.29 bits per heavy atom. The zero-order chi connectivity index (χ0) is 24.2. The minimum atomic E-state index is -0.792. The fourth-order valence-corrected chi connectivity index (χ4v) is 6.36. The Bertz CT molecular complexity index is 1270. The maximum absolute atomic E-state index is 13.3. The lowest BCUT2D eigenvalue weighted by Crippen LogP contribution is -2.48. The number of nitrogens with zero attached hydrogens (tertiary/aromatic N) is 1. The number of ether oxygens (including phenoxy) is 2. The summed E-state index contributed by atoms with van der Waals surface area (Å²) in [5.74, 6) is -1.09. The van der Waals surface area contributed by atoms with Crippen LogP contribution in [0, 0.1) is 0 Å². The summed E-state index contributed by atoms with van der Waals surface area (Å²) in [6, 6.07) is 9.30. The van der Waals surface area contributed by atoms with E-state index in [4.69, 9.17) is 32.7 Å².